The molecular weight excluding hydrogens is 272 g/mol. The highest BCUT2D eigenvalue weighted by atomic mass is 16.2. The van der Waals surface area contributed by atoms with E-state index in [1.165, 1.54) is 16.6 Å². The summed E-state index contributed by atoms with van der Waals surface area (Å²) in [5, 5.41) is 2.97. The number of nitrogens with zero attached hydrogens (tertiary/aromatic N) is 1. The number of amides is 1. The predicted molar refractivity (Wildman–Crippen MR) is 88.9 cm³/mol. The number of pyridine rings is 1. The lowest BCUT2D eigenvalue weighted by Crippen LogP contribution is -2.12. The first-order valence-electron chi connectivity index (χ1n) is 7.69. The third-order valence-corrected chi connectivity index (χ3v) is 4.19. The van der Waals surface area contributed by atoms with Crippen LogP contribution >= 0.6 is 0 Å². The van der Waals surface area contributed by atoms with Crippen LogP contribution in [0, 0.1) is 12.8 Å². The van der Waals surface area contributed by atoms with E-state index in [1.54, 1.807) is 0 Å². The first-order chi connectivity index (χ1) is 10.7. The molecule has 0 radical (unpaired) electrons. The van der Waals surface area contributed by atoms with Gasteiger partial charge in [0.25, 0.3) is 0 Å². The van der Waals surface area contributed by atoms with Crippen LogP contribution in [-0.2, 0) is 4.79 Å². The molecule has 3 aromatic rings. The van der Waals surface area contributed by atoms with Crippen LogP contribution in [0.25, 0.3) is 16.6 Å². The van der Waals surface area contributed by atoms with E-state index in [4.69, 9.17) is 0 Å². The Balaban J connectivity index is 1.59. The molecule has 3 heteroatoms. The molecule has 1 saturated carbocycles. The molecule has 0 unspecified atom stereocenters. The summed E-state index contributed by atoms with van der Waals surface area (Å²) >= 11 is 0. The topological polar surface area (TPSA) is 33.5 Å². The second kappa shape index (κ2) is 5.02. The highest BCUT2D eigenvalue weighted by Gasteiger charge is 2.29. The second-order valence-electron chi connectivity index (χ2n) is 6.11. The molecular formula is C19H18N2O. The lowest BCUT2D eigenvalue weighted by molar-refractivity contribution is -0.117. The minimum atomic E-state index is 0.151. The number of aryl methyl sites for hydroxylation is 1. The van der Waals surface area contributed by atoms with Crippen molar-refractivity contribution in [2.24, 2.45) is 5.92 Å². The van der Waals surface area contributed by atoms with E-state index >= 15 is 0 Å². The Morgan fingerprint density at radius 1 is 1.09 bits per heavy atom. The average molecular weight is 290 g/mol. The molecule has 1 aromatic carbocycles. The summed E-state index contributed by atoms with van der Waals surface area (Å²) in [5.74, 6) is 0.387. The van der Waals surface area contributed by atoms with Crippen molar-refractivity contribution in [3.63, 3.8) is 0 Å². The maximum atomic E-state index is 11.8. The lowest BCUT2D eigenvalue weighted by Gasteiger charge is -2.05. The summed E-state index contributed by atoms with van der Waals surface area (Å²) in [5.41, 5.74) is 5.67. The van der Waals surface area contributed by atoms with Gasteiger partial charge in [0.15, 0.2) is 0 Å². The van der Waals surface area contributed by atoms with Crippen LogP contribution in [0.4, 0.5) is 5.69 Å². The summed E-state index contributed by atoms with van der Waals surface area (Å²) in [6.07, 6.45) is 6.27. The lowest BCUT2D eigenvalue weighted by atomic mass is 10.1. The average Bonchev–Trinajstić information content (AvgIpc) is 3.28. The third kappa shape index (κ3) is 2.50. The fourth-order valence-electron chi connectivity index (χ4n) is 2.71. The minimum Gasteiger partial charge on any atom is -0.326 e. The molecule has 3 nitrogen and oxygen atoms in total. The Hall–Kier alpha value is -2.55. The van der Waals surface area contributed by atoms with Crippen molar-refractivity contribution in [1.29, 1.82) is 0 Å². The van der Waals surface area contributed by atoms with Gasteiger partial charge in [0.2, 0.25) is 5.91 Å². The zero-order valence-corrected chi connectivity index (χ0v) is 12.5. The monoisotopic (exact) mass is 290 g/mol. The van der Waals surface area contributed by atoms with E-state index < -0.39 is 0 Å². The zero-order valence-electron chi connectivity index (χ0n) is 12.5. The van der Waals surface area contributed by atoms with Gasteiger partial charge < -0.3 is 9.72 Å². The van der Waals surface area contributed by atoms with Gasteiger partial charge in [-0.1, -0.05) is 12.1 Å². The summed E-state index contributed by atoms with van der Waals surface area (Å²) in [4.78, 5) is 11.8. The van der Waals surface area contributed by atoms with E-state index in [1.807, 2.05) is 12.1 Å². The number of aromatic nitrogens is 1. The highest BCUT2D eigenvalue weighted by molar-refractivity contribution is 5.94. The molecule has 2 heterocycles. The van der Waals surface area contributed by atoms with Gasteiger partial charge in [-0.15, -0.1) is 0 Å². The van der Waals surface area contributed by atoms with Gasteiger partial charge in [-0.05, 0) is 61.2 Å². The number of hydrogen-bond donors (Lipinski definition) is 1. The van der Waals surface area contributed by atoms with Gasteiger partial charge in [0.05, 0.1) is 0 Å². The predicted octanol–water partition coefficient (Wildman–Crippen LogP) is 4.26. The first-order valence-corrected chi connectivity index (χ1v) is 7.69. The second-order valence-corrected chi connectivity index (χ2v) is 6.11. The van der Waals surface area contributed by atoms with Crippen molar-refractivity contribution in [1.82, 2.24) is 4.40 Å². The van der Waals surface area contributed by atoms with Crippen LogP contribution in [0.1, 0.15) is 18.4 Å². The largest absolute Gasteiger partial charge is 0.326 e. The molecule has 4 rings (SSSR count). The Morgan fingerprint density at radius 3 is 2.59 bits per heavy atom. The van der Waals surface area contributed by atoms with Crippen LogP contribution in [0.2, 0.25) is 0 Å². The van der Waals surface area contributed by atoms with E-state index in [-0.39, 0.29) is 11.8 Å². The molecule has 0 atom stereocenters. The summed E-state index contributed by atoms with van der Waals surface area (Å²) < 4.78 is 2.13. The Kier molecular flexibility index (Phi) is 3.00. The molecule has 2 aromatic heterocycles. The number of rotatable bonds is 3. The maximum absolute atomic E-state index is 11.8. The van der Waals surface area contributed by atoms with Gasteiger partial charge in [-0.3, -0.25) is 4.79 Å². The smallest absolute Gasteiger partial charge is 0.227 e. The number of fused-ring (bicyclic) bond motifs is 1. The van der Waals surface area contributed by atoms with Gasteiger partial charge in [0.1, 0.15) is 0 Å². The molecule has 22 heavy (non-hydrogen) atoms. The quantitative estimate of drug-likeness (QED) is 0.768. The number of nitrogens with one attached hydrogen (secondary N) is 1. The highest BCUT2D eigenvalue weighted by Crippen LogP contribution is 2.30. The normalized spacial score (nSPS) is 14.2. The van der Waals surface area contributed by atoms with Crippen LogP contribution in [0.5, 0.6) is 0 Å². The van der Waals surface area contributed by atoms with Crippen molar-refractivity contribution in [3.8, 4) is 11.1 Å². The minimum absolute atomic E-state index is 0.151. The van der Waals surface area contributed by atoms with E-state index in [0.717, 1.165) is 24.1 Å². The number of benzene rings is 1. The van der Waals surface area contributed by atoms with Gasteiger partial charge in [-0.25, -0.2) is 0 Å². The standard InChI is InChI=1S/C19H18N2O/c1-13-8-9-21-12-16(11-18(21)10-13)14-4-6-17(7-5-14)20-19(22)15-2-3-15/h4-12,15H,2-3H2,1H3,(H,20,22). The molecule has 1 N–H and O–H groups in total. The third-order valence-electron chi connectivity index (χ3n) is 4.19. The Bertz CT molecular complexity index is 842. The van der Waals surface area contributed by atoms with Crippen LogP contribution < -0.4 is 5.32 Å². The maximum Gasteiger partial charge on any atom is 0.227 e. The first kappa shape index (κ1) is 13.1. The molecule has 1 aliphatic rings. The number of carbonyl (C=O) groups is 1. The Morgan fingerprint density at radius 2 is 1.86 bits per heavy atom. The Labute approximate surface area is 129 Å². The van der Waals surface area contributed by atoms with E-state index in [0.29, 0.717) is 0 Å². The summed E-state index contributed by atoms with van der Waals surface area (Å²) in [6, 6.07) is 14.5. The van der Waals surface area contributed by atoms with Crippen LogP contribution in [0.15, 0.2) is 54.9 Å². The van der Waals surface area contributed by atoms with Crippen LogP contribution in [-0.4, -0.2) is 10.3 Å². The van der Waals surface area contributed by atoms with Gasteiger partial charge in [0, 0.05) is 35.1 Å². The van der Waals surface area contributed by atoms with Crippen molar-refractivity contribution in [2.45, 2.75) is 19.8 Å². The molecule has 1 amide bonds. The van der Waals surface area contributed by atoms with Crippen molar-refractivity contribution in [2.75, 3.05) is 5.32 Å². The molecule has 1 fully saturated rings. The van der Waals surface area contributed by atoms with Crippen molar-refractivity contribution in [3.05, 3.63) is 60.4 Å². The molecule has 0 saturated heterocycles. The van der Waals surface area contributed by atoms with Crippen molar-refractivity contribution < 1.29 is 4.79 Å². The SMILES string of the molecule is Cc1ccn2cc(-c3ccc(NC(=O)C4CC4)cc3)cc2c1. The summed E-state index contributed by atoms with van der Waals surface area (Å²) in [6.45, 7) is 2.10. The molecule has 0 aliphatic heterocycles. The van der Waals surface area contributed by atoms with Gasteiger partial charge in [-0.2, -0.15) is 0 Å². The van der Waals surface area contributed by atoms with Crippen LogP contribution in [0.3, 0.4) is 0 Å². The zero-order chi connectivity index (χ0) is 15.1. The molecule has 0 bridgehead atoms. The summed E-state index contributed by atoms with van der Waals surface area (Å²) in [7, 11) is 0. The fourth-order valence-corrected chi connectivity index (χ4v) is 2.71. The molecule has 0 spiro atoms. The molecule has 110 valence electrons. The molecule has 1 aliphatic carbocycles. The van der Waals surface area contributed by atoms with E-state index in [9.17, 15) is 4.79 Å². The number of carbonyl (C=O) groups excluding carboxylic acids is 1. The number of hydrogen-bond acceptors (Lipinski definition) is 1. The van der Waals surface area contributed by atoms with Crippen molar-refractivity contribution >= 4 is 17.1 Å². The fraction of sp³-hybridized carbons (Fsp3) is 0.211. The van der Waals surface area contributed by atoms with E-state index in [2.05, 4.69) is 59.4 Å². The van der Waals surface area contributed by atoms with Gasteiger partial charge >= 0.3 is 0 Å². The number of anilines is 1.